The Morgan fingerprint density at radius 3 is 1.21 bits per heavy atom. The van der Waals surface area contributed by atoms with E-state index in [1.165, 1.54) is 11.1 Å². The molecule has 0 bridgehead atoms. The Labute approximate surface area is 145 Å². The monoisotopic (exact) mass is 318 g/mol. The molecule has 0 aliphatic carbocycles. The minimum atomic E-state index is 0.824. The van der Waals surface area contributed by atoms with Crippen LogP contribution in [0.2, 0.25) is 0 Å². The van der Waals surface area contributed by atoms with Crippen molar-refractivity contribution in [2.24, 2.45) is 0 Å². The highest BCUT2D eigenvalue weighted by Gasteiger charge is 2.01. The third-order valence-electron chi connectivity index (χ3n) is 3.58. The van der Waals surface area contributed by atoms with Crippen LogP contribution < -0.4 is 10.6 Å². The molecule has 0 aromatic heterocycles. The van der Waals surface area contributed by atoms with Crippen LogP contribution in [0.1, 0.15) is 25.0 Å². The highest BCUT2D eigenvalue weighted by molar-refractivity contribution is 5.68. The number of rotatable bonds is 6. The van der Waals surface area contributed by atoms with Gasteiger partial charge in [-0.1, -0.05) is 86.6 Å². The van der Waals surface area contributed by atoms with E-state index in [-0.39, 0.29) is 0 Å². The van der Waals surface area contributed by atoms with Gasteiger partial charge in [-0.25, -0.2) is 0 Å². The van der Waals surface area contributed by atoms with E-state index in [1.807, 2.05) is 26.0 Å². The van der Waals surface area contributed by atoms with Gasteiger partial charge in [0, 0.05) is 13.1 Å². The van der Waals surface area contributed by atoms with Gasteiger partial charge >= 0.3 is 0 Å². The summed E-state index contributed by atoms with van der Waals surface area (Å²) < 4.78 is 0. The van der Waals surface area contributed by atoms with E-state index >= 15 is 0 Å². The molecule has 24 heavy (non-hydrogen) atoms. The molecule has 0 atom stereocenters. The molecule has 0 amide bonds. The SMILES string of the molecule is CC.c1ccc(CNc2ccccc2NCc2ccccc2)cc1. The Balaban J connectivity index is 0.00000100. The lowest BCUT2D eigenvalue weighted by Crippen LogP contribution is -2.05. The van der Waals surface area contributed by atoms with Crippen molar-refractivity contribution in [3.05, 3.63) is 96.1 Å². The molecular formula is C22H26N2. The second-order valence-electron chi connectivity index (χ2n) is 5.22. The van der Waals surface area contributed by atoms with Gasteiger partial charge in [0.2, 0.25) is 0 Å². The van der Waals surface area contributed by atoms with Gasteiger partial charge in [0.1, 0.15) is 0 Å². The quantitative estimate of drug-likeness (QED) is 0.588. The van der Waals surface area contributed by atoms with Gasteiger partial charge in [0.25, 0.3) is 0 Å². The minimum absolute atomic E-state index is 0.824. The summed E-state index contributed by atoms with van der Waals surface area (Å²) in [6.45, 7) is 5.65. The molecule has 0 radical (unpaired) electrons. The van der Waals surface area contributed by atoms with Crippen molar-refractivity contribution in [3.63, 3.8) is 0 Å². The van der Waals surface area contributed by atoms with Gasteiger partial charge in [-0.15, -0.1) is 0 Å². The highest BCUT2D eigenvalue weighted by Crippen LogP contribution is 2.22. The molecule has 0 spiro atoms. The van der Waals surface area contributed by atoms with Gasteiger partial charge in [-0.3, -0.25) is 0 Å². The molecule has 2 N–H and O–H groups in total. The third kappa shape index (κ3) is 5.47. The van der Waals surface area contributed by atoms with Crippen molar-refractivity contribution in [1.82, 2.24) is 0 Å². The Bertz CT molecular complexity index is 631. The molecule has 2 nitrogen and oxygen atoms in total. The highest BCUT2D eigenvalue weighted by atomic mass is 14.9. The first-order chi connectivity index (χ1) is 11.9. The topological polar surface area (TPSA) is 24.1 Å². The van der Waals surface area contributed by atoms with Crippen molar-refractivity contribution >= 4 is 11.4 Å². The van der Waals surface area contributed by atoms with Gasteiger partial charge < -0.3 is 10.6 Å². The van der Waals surface area contributed by atoms with E-state index in [1.54, 1.807) is 0 Å². The van der Waals surface area contributed by atoms with E-state index in [0.29, 0.717) is 0 Å². The van der Waals surface area contributed by atoms with Crippen molar-refractivity contribution < 1.29 is 0 Å². The summed E-state index contributed by atoms with van der Waals surface area (Å²) in [6.07, 6.45) is 0. The largest absolute Gasteiger partial charge is 0.379 e. The Morgan fingerprint density at radius 2 is 0.833 bits per heavy atom. The second kappa shape index (κ2) is 10.1. The van der Waals surface area contributed by atoms with Crippen LogP contribution in [0, 0.1) is 0 Å². The Kier molecular flexibility index (Phi) is 7.42. The van der Waals surface area contributed by atoms with Crippen LogP contribution in [0.5, 0.6) is 0 Å². The summed E-state index contributed by atoms with van der Waals surface area (Å²) in [5.74, 6) is 0. The molecule has 0 saturated carbocycles. The summed E-state index contributed by atoms with van der Waals surface area (Å²) in [7, 11) is 0. The van der Waals surface area contributed by atoms with Crippen molar-refractivity contribution in [2.45, 2.75) is 26.9 Å². The van der Waals surface area contributed by atoms with E-state index in [4.69, 9.17) is 0 Å². The summed E-state index contributed by atoms with van der Waals surface area (Å²) in [6, 6.07) is 29.2. The summed E-state index contributed by atoms with van der Waals surface area (Å²) >= 11 is 0. The minimum Gasteiger partial charge on any atom is -0.379 e. The lowest BCUT2D eigenvalue weighted by molar-refractivity contribution is 1.12. The van der Waals surface area contributed by atoms with Crippen LogP contribution in [-0.2, 0) is 13.1 Å². The first-order valence-electron chi connectivity index (χ1n) is 8.56. The van der Waals surface area contributed by atoms with E-state index in [9.17, 15) is 0 Å². The summed E-state index contributed by atoms with van der Waals surface area (Å²) in [4.78, 5) is 0. The average Bonchev–Trinajstić information content (AvgIpc) is 2.68. The van der Waals surface area contributed by atoms with Crippen molar-refractivity contribution in [2.75, 3.05) is 10.6 Å². The number of anilines is 2. The number of hydrogen-bond acceptors (Lipinski definition) is 2. The van der Waals surface area contributed by atoms with Gasteiger partial charge in [-0.05, 0) is 23.3 Å². The van der Waals surface area contributed by atoms with Crippen LogP contribution in [0.25, 0.3) is 0 Å². The first-order valence-corrected chi connectivity index (χ1v) is 8.56. The van der Waals surface area contributed by atoms with Crippen LogP contribution in [0.15, 0.2) is 84.9 Å². The standard InChI is InChI=1S/C20H20N2.C2H6/c1-3-9-17(10-4-1)15-21-19-13-7-8-14-20(19)22-16-18-11-5-2-6-12-18;1-2/h1-14,21-22H,15-16H2;1-2H3. The zero-order chi connectivity index (χ0) is 17.0. The van der Waals surface area contributed by atoms with Crippen LogP contribution in [-0.4, -0.2) is 0 Å². The fourth-order valence-corrected chi connectivity index (χ4v) is 2.38. The Hall–Kier alpha value is -2.74. The third-order valence-corrected chi connectivity index (χ3v) is 3.58. The maximum Gasteiger partial charge on any atom is 0.0578 e. The zero-order valence-corrected chi connectivity index (χ0v) is 14.5. The molecule has 2 heteroatoms. The number of benzene rings is 3. The average molecular weight is 318 g/mol. The molecule has 0 saturated heterocycles. The van der Waals surface area contributed by atoms with E-state index in [0.717, 1.165) is 24.5 Å². The zero-order valence-electron chi connectivity index (χ0n) is 14.5. The molecule has 3 aromatic carbocycles. The van der Waals surface area contributed by atoms with Crippen molar-refractivity contribution in [3.8, 4) is 0 Å². The van der Waals surface area contributed by atoms with E-state index < -0.39 is 0 Å². The molecule has 0 fully saturated rings. The molecular weight excluding hydrogens is 292 g/mol. The maximum atomic E-state index is 3.50. The molecule has 0 heterocycles. The molecule has 124 valence electrons. The lowest BCUT2D eigenvalue weighted by atomic mass is 10.2. The smallest absolute Gasteiger partial charge is 0.0578 e. The van der Waals surface area contributed by atoms with Crippen LogP contribution in [0.4, 0.5) is 11.4 Å². The van der Waals surface area contributed by atoms with Crippen molar-refractivity contribution in [1.29, 1.82) is 0 Å². The predicted octanol–water partition coefficient (Wildman–Crippen LogP) is 5.94. The maximum absolute atomic E-state index is 3.50. The fraction of sp³-hybridized carbons (Fsp3) is 0.182. The molecule has 0 aliphatic heterocycles. The molecule has 0 aliphatic rings. The normalized spacial score (nSPS) is 9.58. The predicted molar refractivity (Wildman–Crippen MR) is 105 cm³/mol. The molecule has 3 aromatic rings. The fourth-order valence-electron chi connectivity index (χ4n) is 2.38. The lowest BCUT2D eigenvalue weighted by Gasteiger charge is -2.14. The van der Waals surface area contributed by atoms with Crippen LogP contribution in [0.3, 0.4) is 0 Å². The van der Waals surface area contributed by atoms with Gasteiger partial charge in [0.15, 0.2) is 0 Å². The van der Waals surface area contributed by atoms with Gasteiger partial charge in [-0.2, -0.15) is 0 Å². The van der Waals surface area contributed by atoms with E-state index in [2.05, 4.69) is 83.4 Å². The first kappa shape index (κ1) is 17.6. The number of hydrogen-bond donors (Lipinski definition) is 2. The number of nitrogens with one attached hydrogen (secondary N) is 2. The summed E-state index contributed by atoms with van der Waals surface area (Å²) in [5.41, 5.74) is 4.81. The molecule has 3 rings (SSSR count). The number of para-hydroxylation sites is 2. The Morgan fingerprint density at radius 1 is 0.500 bits per heavy atom. The molecule has 0 unspecified atom stereocenters. The second-order valence-corrected chi connectivity index (χ2v) is 5.22. The summed E-state index contributed by atoms with van der Waals surface area (Å²) in [5, 5.41) is 7.01. The van der Waals surface area contributed by atoms with Gasteiger partial charge in [0.05, 0.1) is 11.4 Å². The van der Waals surface area contributed by atoms with Crippen LogP contribution >= 0.6 is 0 Å².